The second-order valence-electron chi connectivity index (χ2n) is 8.12. The zero-order valence-corrected chi connectivity index (χ0v) is 17.6. The van der Waals surface area contributed by atoms with Gasteiger partial charge in [-0.05, 0) is 43.9 Å². The Morgan fingerprint density at radius 1 is 1.03 bits per heavy atom. The van der Waals surface area contributed by atoms with E-state index in [0.717, 1.165) is 42.4 Å². The van der Waals surface area contributed by atoms with Crippen LogP contribution in [0.5, 0.6) is 0 Å². The molecule has 3 rings (SSSR count). The van der Waals surface area contributed by atoms with Crippen LogP contribution in [-0.4, -0.2) is 22.8 Å². The van der Waals surface area contributed by atoms with Gasteiger partial charge in [0.1, 0.15) is 5.82 Å². The van der Waals surface area contributed by atoms with E-state index < -0.39 is 0 Å². The summed E-state index contributed by atoms with van der Waals surface area (Å²) in [4.78, 5) is 31.7. The van der Waals surface area contributed by atoms with E-state index in [0.29, 0.717) is 5.82 Å². The van der Waals surface area contributed by atoms with Crippen molar-refractivity contribution in [3.63, 3.8) is 0 Å². The number of benzene rings is 1. The van der Waals surface area contributed by atoms with E-state index in [2.05, 4.69) is 10.3 Å². The predicted octanol–water partition coefficient (Wildman–Crippen LogP) is 4.63. The maximum absolute atomic E-state index is 13.5. The van der Waals surface area contributed by atoms with E-state index in [-0.39, 0.29) is 30.3 Å². The highest BCUT2D eigenvalue weighted by atomic mass is 16.2. The first-order valence-electron chi connectivity index (χ1n) is 10.5. The fourth-order valence-corrected chi connectivity index (χ4v) is 4.03. The number of hydrogen-bond donors (Lipinski definition) is 1. The molecule has 1 fully saturated rings. The molecule has 154 valence electrons. The van der Waals surface area contributed by atoms with Gasteiger partial charge in [-0.1, -0.05) is 55.2 Å². The van der Waals surface area contributed by atoms with E-state index in [4.69, 9.17) is 0 Å². The zero-order valence-electron chi connectivity index (χ0n) is 17.6. The minimum atomic E-state index is -0.350. The molecule has 1 heterocycles. The molecule has 1 saturated carbocycles. The zero-order chi connectivity index (χ0) is 20.8. The number of pyridine rings is 1. The third kappa shape index (κ3) is 5.66. The Morgan fingerprint density at radius 2 is 1.69 bits per heavy atom. The molecule has 1 aromatic carbocycles. The number of anilines is 1. The summed E-state index contributed by atoms with van der Waals surface area (Å²) in [6.45, 7) is 5.51. The molecule has 29 heavy (non-hydrogen) atoms. The third-order valence-electron chi connectivity index (χ3n) is 5.59. The fraction of sp³-hybridized carbons (Fsp3) is 0.458. The number of aryl methyl sites for hydroxylation is 2. The highest BCUT2D eigenvalue weighted by Gasteiger charge is 2.30. The Hall–Kier alpha value is -2.69. The Kier molecular flexibility index (Phi) is 7.02. The molecule has 0 spiro atoms. The van der Waals surface area contributed by atoms with Gasteiger partial charge < -0.3 is 5.32 Å². The number of hydrogen-bond acceptors (Lipinski definition) is 3. The van der Waals surface area contributed by atoms with Crippen LogP contribution in [0.15, 0.2) is 42.6 Å². The van der Waals surface area contributed by atoms with Gasteiger partial charge in [0.05, 0.1) is 12.5 Å². The van der Waals surface area contributed by atoms with Crippen LogP contribution < -0.4 is 10.2 Å². The Morgan fingerprint density at radius 3 is 2.28 bits per heavy atom. The van der Waals surface area contributed by atoms with Crippen LogP contribution in [0, 0.1) is 13.8 Å². The molecule has 1 aliphatic carbocycles. The predicted molar refractivity (Wildman–Crippen MR) is 116 cm³/mol. The summed E-state index contributed by atoms with van der Waals surface area (Å²) in [6, 6.07) is 11.7. The molecule has 0 unspecified atom stereocenters. The molecule has 1 aliphatic rings. The smallest absolute Gasteiger partial charge is 0.230 e. The summed E-state index contributed by atoms with van der Waals surface area (Å²) in [5.41, 5.74) is 3.16. The molecular formula is C24H31N3O2. The third-order valence-corrected chi connectivity index (χ3v) is 5.59. The number of amides is 2. The molecule has 1 aromatic heterocycles. The molecule has 1 atom stereocenters. The number of aromatic nitrogens is 1. The second-order valence-corrected chi connectivity index (χ2v) is 8.12. The quantitative estimate of drug-likeness (QED) is 0.778. The maximum atomic E-state index is 13.5. The second kappa shape index (κ2) is 9.68. The van der Waals surface area contributed by atoms with E-state index in [1.807, 2.05) is 61.3 Å². The van der Waals surface area contributed by atoms with Crippen LogP contribution in [-0.2, 0) is 9.59 Å². The van der Waals surface area contributed by atoms with E-state index in [1.165, 1.54) is 13.3 Å². The van der Waals surface area contributed by atoms with Gasteiger partial charge in [0, 0.05) is 19.2 Å². The van der Waals surface area contributed by atoms with Crippen LogP contribution in [0.4, 0.5) is 5.82 Å². The van der Waals surface area contributed by atoms with Crippen molar-refractivity contribution in [1.82, 2.24) is 10.3 Å². The number of carbonyl (C=O) groups excluding carboxylic acids is 2. The van der Waals surface area contributed by atoms with Crippen molar-refractivity contribution in [2.24, 2.45) is 0 Å². The number of carbonyl (C=O) groups is 2. The molecule has 5 nitrogen and oxygen atoms in total. The maximum Gasteiger partial charge on any atom is 0.230 e. The first kappa shape index (κ1) is 21.0. The van der Waals surface area contributed by atoms with Gasteiger partial charge in [-0.25, -0.2) is 4.98 Å². The first-order chi connectivity index (χ1) is 13.9. The largest absolute Gasteiger partial charge is 0.349 e. The molecule has 2 amide bonds. The van der Waals surface area contributed by atoms with Crippen molar-refractivity contribution in [3.8, 4) is 0 Å². The van der Waals surface area contributed by atoms with Crippen molar-refractivity contribution in [2.75, 3.05) is 4.90 Å². The van der Waals surface area contributed by atoms with Crippen molar-refractivity contribution in [3.05, 3.63) is 59.3 Å². The number of nitrogens with one attached hydrogen (secondary N) is 1. The summed E-state index contributed by atoms with van der Waals surface area (Å²) in [5, 5.41) is 2.96. The average molecular weight is 394 g/mol. The van der Waals surface area contributed by atoms with Crippen molar-refractivity contribution in [2.45, 2.75) is 71.4 Å². The summed E-state index contributed by atoms with van der Waals surface area (Å²) in [6.07, 6.45) is 7.50. The summed E-state index contributed by atoms with van der Waals surface area (Å²) < 4.78 is 0. The highest BCUT2D eigenvalue weighted by Crippen LogP contribution is 2.29. The van der Waals surface area contributed by atoms with Gasteiger partial charge in [0.15, 0.2) is 0 Å². The van der Waals surface area contributed by atoms with Crippen molar-refractivity contribution < 1.29 is 9.59 Å². The minimum Gasteiger partial charge on any atom is -0.349 e. The van der Waals surface area contributed by atoms with Gasteiger partial charge in [-0.3, -0.25) is 14.5 Å². The topological polar surface area (TPSA) is 62.3 Å². The standard InChI is InChI=1S/C24H31N3O2/c1-17-9-12-20(13-10-17)22(26-19(3)28)15-24(29)27(21-7-5-4-6-8-21)23-14-11-18(2)16-25-23/h9-14,16,21-22H,4-8,15H2,1-3H3,(H,26,28)/t22-/m1/s1. The first-order valence-corrected chi connectivity index (χ1v) is 10.5. The monoisotopic (exact) mass is 393 g/mol. The van der Waals surface area contributed by atoms with Crippen LogP contribution in [0.2, 0.25) is 0 Å². The Labute approximate surface area is 173 Å². The SMILES string of the molecule is CC(=O)N[C@H](CC(=O)N(c1ccc(C)cn1)C1CCCCC1)c1ccc(C)cc1. The van der Waals surface area contributed by atoms with Crippen molar-refractivity contribution >= 4 is 17.6 Å². The number of rotatable bonds is 6. The molecule has 0 saturated heterocycles. The van der Waals surface area contributed by atoms with Gasteiger partial charge in [-0.2, -0.15) is 0 Å². The molecule has 1 N–H and O–H groups in total. The Balaban J connectivity index is 1.87. The van der Waals surface area contributed by atoms with Gasteiger partial charge in [-0.15, -0.1) is 0 Å². The van der Waals surface area contributed by atoms with Gasteiger partial charge >= 0.3 is 0 Å². The summed E-state index contributed by atoms with van der Waals surface area (Å²) in [7, 11) is 0. The van der Waals surface area contributed by atoms with Gasteiger partial charge in [0.2, 0.25) is 11.8 Å². The van der Waals surface area contributed by atoms with Crippen LogP contribution in [0.1, 0.15) is 68.2 Å². The lowest BCUT2D eigenvalue weighted by Gasteiger charge is -2.34. The lowest BCUT2D eigenvalue weighted by molar-refractivity contribution is -0.121. The normalized spacial score (nSPS) is 15.6. The lowest BCUT2D eigenvalue weighted by Crippen LogP contribution is -2.44. The van der Waals surface area contributed by atoms with E-state index >= 15 is 0 Å². The minimum absolute atomic E-state index is 0.00702. The fourth-order valence-electron chi connectivity index (χ4n) is 4.03. The van der Waals surface area contributed by atoms with Crippen LogP contribution in [0.3, 0.4) is 0 Å². The van der Waals surface area contributed by atoms with E-state index in [1.54, 1.807) is 0 Å². The van der Waals surface area contributed by atoms with E-state index in [9.17, 15) is 9.59 Å². The molecule has 5 heteroatoms. The molecule has 0 radical (unpaired) electrons. The Bertz CT molecular complexity index is 824. The highest BCUT2D eigenvalue weighted by molar-refractivity contribution is 5.93. The molecule has 2 aromatic rings. The van der Waals surface area contributed by atoms with Gasteiger partial charge in [0.25, 0.3) is 0 Å². The molecule has 0 bridgehead atoms. The average Bonchev–Trinajstić information content (AvgIpc) is 2.70. The molecular weight excluding hydrogens is 362 g/mol. The van der Waals surface area contributed by atoms with Crippen LogP contribution >= 0.6 is 0 Å². The van der Waals surface area contributed by atoms with Crippen LogP contribution in [0.25, 0.3) is 0 Å². The lowest BCUT2D eigenvalue weighted by atomic mass is 9.93. The summed E-state index contributed by atoms with van der Waals surface area (Å²) in [5.74, 6) is 0.576. The summed E-state index contributed by atoms with van der Waals surface area (Å²) >= 11 is 0. The number of nitrogens with zero attached hydrogens (tertiary/aromatic N) is 2. The van der Waals surface area contributed by atoms with Crippen molar-refractivity contribution in [1.29, 1.82) is 0 Å². The molecule has 0 aliphatic heterocycles.